The molecule has 1 heterocycles. The fraction of sp³-hybridized carbons (Fsp3) is 0.318. The maximum absolute atomic E-state index is 13.4. The Hall–Kier alpha value is -2.91. The maximum atomic E-state index is 13.4. The second kappa shape index (κ2) is 7.97. The maximum Gasteiger partial charge on any atom is 0.255 e. The Morgan fingerprint density at radius 2 is 1.94 bits per heavy atom. The lowest BCUT2D eigenvalue weighted by Crippen LogP contribution is -2.31. The predicted octanol–water partition coefficient (Wildman–Crippen LogP) is 3.23. The number of rotatable bonds is 7. The highest BCUT2D eigenvalue weighted by Gasteiger charge is 2.32. The molecule has 4 rings (SSSR count). The average Bonchev–Trinajstić information content (AvgIpc) is 3.52. The van der Waals surface area contributed by atoms with E-state index in [0.717, 1.165) is 22.7 Å². The molecule has 164 valence electrons. The first kappa shape index (κ1) is 21.3. The van der Waals surface area contributed by atoms with Crippen molar-refractivity contribution >= 4 is 32.6 Å². The smallest absolute Gasteiger partial charge is 0.255 e. The third-order valence-corrected chi connectivity index (χ3v) is 7.25. The average molecular weight is 447 g/mol. The molecule has 0 radical (unpaired) electrons. The number of anilines is 1. The number of amides is 1. The number of furan rings is 1. The standard InChI is InChI=1S/C22H23FN2O5S/c1-24-22(27)20-17-11-16(13-3-4-13)18(25(2)31(28,29)10-9-26)12-19(17)30-21(20)14-5-7-15(23)8-6-14/h5-8,11-13,26H,3-4,9-10H2,1-2H3,(H,24,27). The van der Waals surface area contributed by atoms with Crippen LogP contribution in [0.3, 0.4) is 0 Å². The van der Waals surface area contributed by atoms with Gasteiger partial charge in [-0.15, -0.1) is 0 Å². The van der Waals surface area contributed by atoms with Crippen LogP contribution in [0.4, 0.5) is 10.1 Å². The molecule has 1 aromatic heterocycles. The summed E-state index contributed by atoms with van der Waals surface area (Å²) in [6, 6.07) is 9.06. The molecule has 1 aliphatic carbocycles. The van der Waals surface area contributed by atoms with E-state index in [1.165, 1.54) is 38.4 Å². The highest BCUT2D eigenvalue weighted by atomic mass is 32.2. The lowest BCUT2D eigenvalue weighted by Gasteiger charge is -2.22. The number of benzene rings is 2. The minimum atomic E-state index is -3.72. The van der Waals surface area contributed by atoms with Crippen molar-refractivity contribution in [1.29, 1.82) is 0 Å². The summed E-state index contributed by atoms with van der Waals surface area (Å²) in [5.41, 5.74) is 2.48. The fourth-order valence-electron chi connectivity index (χ4n) is 3.70. The normalized spacial score (nSPS) is 14.1. The molecular weight excluding hydrogens is 423 g/mol. The van der Waals surface area contributed by atoms with E-state index in [4.69, 9.17) is 9.52 Å². The van der Waals surface area contributed by atoms with Crippen LogP contribution in [0.1, 0.15) is 34.7 Å². The van der Waals surface area contributed by atoms with Gasteiger partial charge < -0.3 is 14.8 Å². The van der Waals surface area contributed by atoms with Crippen molar-refractivity contribution in [3.8, 4) is 11.3 Å². The molecule has 1 fully saturated rings. The number of nitrogens with zero attached hydrogens (tertiary/aromatic N) is 1. The van der Waals surface area contributed by atoms with Gasteiger partial charge in [-0.25, -0.2) is 12.8 Å². The lowest BCUT2D eigenvalue weighted by molar-refractivity contribution is 0.0964. The fourth-order valence-corrected chi connectivity index (χ4v) is 4.66. The molecule has 0 unspecified atom stereocenters. The largest absolute Gasteiger partial charge is 0.455 e. The summed E-state index contributed by atoms with van der Waals surface area (Å²) in [4.78, 5) is 12.7. The number of hydrogen-bond acceptors (Lipinski definition) is 5. The van der Waals surface area contributed by atoms with E-state index in [1.54, 1.807) is 6.07 Å². The quantitative estimate of drug-likeness (QED) is 0.581. The zero-order valence-corrected chi connectivity index (χ0v) is 18.0. The Balaban J connectivity index is 1.96. The summed E-state index contributed by atoms with van der Waals surface area (Å²) in [5, 5.41) is 12.3. The Bertz CT molecular complexity index is 1250. The molecule has 2 aromatic carbocycles. The van der Waals surface area contributed by atoms with Gasteiger partial charge in [0.05, 0.1) is 23.6 Å². The summed E-state index contributed by atoms with van der Waals surface area (Å²) >= 11 is 0. The third-order valence-electron chi connectivity index (χ3n) is 5.52. The van der Waals surface area contributed by atoms with Crippen LogP contribution in [0.15, 0.2) is 40.8 Å². The van der Waals surface area contributed by atoms with Crippen LogP contribution in [-0.2, 0) is 10.0 Å². The molecule has 31 heavy (non-hydrogen) atoms. The molecule has 9 heteroatoms. The number of nitrogens with one attached hydrogen (secondary N) is 1. The van der Waals surface area contributed by atoms with E-state index in [2.05, 4.69) is 5.32 Å². The van der Waals surface area contributed by atoms with Gasteiger partial charge in [0.25, 0.3) is 5.91 Å². The van der Waals surface area contributed by atoms with E-state index in [1.807, 2.05) is 6.07 Å². The van der Waals surface area contributed by atoms with Crippen LogP contribution in [0.5, 0.6) is 0 Å². The predicted molar refractivity (Wildman–Crippen MR) is 116 cm³/mol. The molecule has 1 amide bonds. The van der Waals surface area contributed by atoms with Gasteiger partial charge in [0.1, 0.15) is 17.2 Å². The van der Waals surface area contributed by atoms with Gasteiger partial charge in [0.15, 0.2) is 0 Å². The van der Waals surface area contributed by atoms with E-state index < -0.39 is 28.2 Å². The van der Waals surface area contributed by atoms with E-state index in [9.17, 15) is 17.6 Å². The van der Waals surface area contributed by atoms with Crippen molar-refractivity contribution < 1.29 is 27.1 Å². The second-order valence-electron chi connectivity index (χ2n) is 7.58. The lowest BCUT2D eigenvalue weighted by atomic mass is 10.0. The molecule has 0 spiro atoms. The van der Waals surface area contributed by atoms with Crippen molar-refractivity contribution in [2.75, 3.05) is 30.8 Å². The van der Waals surface area contributed by atoms with Gasteiger partial charge in [-0.2, -0.15) is 0 Å². The number of sulfonamides is 1. The number of aliphatic hydroxyl groups excluding tert-OH is 1. The highest BCUT2D eigenvalue weighted by Crippen LogP contribution is 2.47. The molecule has 0 saturated heterocycles. The van der Waals surface area contributed by atoms with Crippen molar-refractivity contribution in [1.82, 2.24) is 5.32 Å². The van der Waals surface area contributed by atoms with Gasteiger partial charge in [-0.1, -0.05) is 0 Å². The zero-order chi connectivity index (χ0) is 22.3. The third kappa shape index (κ3) is 3.90. The summed E-state index contributed by atoms with van der Waals surface area (Å²) in [5.74, 6) is -0.681. The topological polar surface area (TPSA) is 99.9 Å². The first-order valence-electron chi connectivity index (χ1n) is 9.92. The summed E-state index contributed by atoms with van der Waals surface area (Å²) in [7, 11) is -0.760. The van der Waals surface area contributed by atoms with Gasteiger partial charge in [-0.3, -0.25) is 9.10 Å². The number of carbonyl (C=O) groups is 1. The Kier molecular flexibility index (Phi) is 5.49. The van der Waals surface area contributed by atoms with Gasteiger partial charge in [-0.05, 0) is 54.7 Å². The van der Waals surface area contributed by atoms with Crippen LogP contribution >= 0.6 is 0 Å². The molecule has 1 saturated carbocycles. The van der Waals surface area contributed by atoms with Gasteiger partial charge in [0.2, 0.25) is 10.0 Å². The number of hydrogen-bond donors (Lipinski definition) is 2. The minimum absolute atomic E-state index is 0.188. The number of fused-ring (bicyclic) bond motifs is 1. The zero-order valence-electron chi connectivity index (χ0n) is 17.2. The molecular formula is C22H23FN2O5S. The summed E-state index contributed by atoms with van der Waals surface area (Å²) < 4.78 is 45.7. The van der Waals surface area contributed by atoms with Crippen molar-refractivity contribution in [3.63, 3.8) is 0 Å². The van der Waals surface area contributed by atoms with E-state index in [-0.39, 0.29) is 17.6 Å². The van der Waals surface area contributed by atoms with Crippen LogP contribution in [-0.4, -0.2) is 45.9 Å². The minimum Gasteiger partial charge on any atom is -0.455 e. The van der Waals surface area contributed by atoms with Crippen LogP contribution < -0.4 is 9.62 Å². The molecule has 0 aliphatic heterocycles. The van der Waals surface area contributed by atoms with Crippen LogP contribution in [0.25, 0.3) is 22.3 Å². The number of halogens is 1. The monoisotopic (exact) mass is 446 g/mol. The van der Waals surface area contributed by atoms with Crippen molar-refractivity contribution in [2.24, 2.45) is 0 Å². The molecule has 0 bridgehead atoms. The van der Waals surface area contributed by atoms with E-state index >= 15 is 0 Å². The van der Waals surface area contributed by atoms with Crippen molar-refractivity contribution in [3.05, 3.63) is 53.3 Å². The van der Waals surface area contributed by atoms with E-state index in [0.29, 0.717) is 27.8 Å². The van der Waals surface area contributed by atoms with Crippen LogP contribution in [0, 0.1) is 5.82 Å². The second-order valence-corrected chi connectivity index (χ2v) is 9.70. The molecule has 3 aromatic rings. The van der Waals surface area contributed by atoms with Gasteiger partial charge >= 0.3 is 0 Å². The first-order valence-corrected chi connectivity index (χ1v) is 11.5. The molecule has 1 aliphatic rings. The Labute approximate surface area is 179 Å². The first-order chi connectivity index (χ1) is 14.8. The SMILES string of the molecule is CNC(=O)c1c(-c2ccc(F)cc2)oc2cc(N(C)S(=O)(=O)CCO)c(C3CC3)cc12. The Morgan fingerprint density at radius 3 is 2.52 bits per heavy atom. The Morgan fingerprint density at radius 1 is 1.26 bits per heavy atom. The molecule has 0 atom stereocenters. The molecule has 2 N–H and O–H groups in total. The highest BCUT2D eigenvalue weighted by molar-refractivity contribution is 7.92. The summed E-state index contributed by atoms with van der Waals surface area (Å²) in [6.45, 7) is -0.482. The summed E-state index contributed by atoms with van der Waals surface area (Å²) in [6.07, 6.45) is 1.84. The van der Waals surface area contributed by atoms with Gasteiger partial charge in [0, 0.05) is 31.1 Å². The number of aliphatic hydroxyl groups is 1. The van der Waals surface area contributed by atoms with Crippen molar-refractivity contribution in [2.45, 2.75) is 18.8 Å². The molecule has 7 nitrogen and oxygen atoms in total. The number of carbonyl (C=O) groups excluding carboxylic acids is 1. The van der Waals surface area contributed by atoms with Crippen LogP contribution in [0.2, 0.25) is 0 Å².